The lowest BCUT2D eigenvalue weighted by Crippen LogP contribution is -2.18. The molecule has 0 fully saturated rings. The van der Waals surface area contributed by atoms with E-state index in [4.69, 9.17) is 23.2 Å². The standard InChI is InChI=1S/C17H12Cl2N4O/c18-13-8-4-7-12(16(13)19)10-20-23-17(24)15-9-14(21-22-15)11-5-2-1-3-6-11/h1-10H,(H,21,22)(H,23,24)/b20-10+. The van der Waals surface area contributed by atoms with Crippen LogP contribution in [0.1, 0.15) is 16.1 Å². The maximum Gasteiger partial charge on any atom is 0.289 e. The van der Waals surface area contributed by atoms with Crippen molar-refractivity contribution in [2.75, 3.05) is 0 Å². The Kier molecular flexibility index (Phi) is 4.93. The zero-order valence-electron chi connectivity index (χ0n) is 12.3. The number of aromatic nitrogens is 2. The fourth-order valence-electron chi connectivity index (χ4n) is 2.04. The van der Waals surface area contributed by atoms with Crippen LogP contribution in [-0.2, 0) is 0 Å². The Bertz CT molecular complexity index is 891. The highest BCUT2D eigenvalue weighted by molar-refractivity contribution is 6.43. The molecule has 3 rings (SSSR count). The number of H-pyrrole nitrogens is 1. The van der Waals surface area contributed by atoms with Gasteiger partial charge in [-0.25, -0.2) is 5.43 Å². The largest absolute Gasteiger partial charge is 0.289 e. The summed E-state index contributed by atoms with van der Waals surface area (Å²) in [4.78, 5) is 12.1. The van der Waals surface area contributed by atoms with Crippen molar-refractivity contribution in [2.45, 2.75) is 0 Å². The van der Waals surface area contributed by atoms with Gasteiger partial charge in [0.1, 0.15) is 5.69 Å². The SMILES string of the molecule is O=C(N/N=C/c1cccc(Cl)c1Cl)c1cc(-c2ccccc2)n[nH]1. The van der Waals surface area contributed by atoms with E-state index in [0.29, 0.717) is 27.0 Å². The molecular formula is C17H12Cl2N4O. The average Bonchev–Trinajstić information content (AvgIpc) is 3.09. The molecule has 0 atom stereocenters. The Morgan fingerprint density at radius 3 is 2.71 bits per heavy atom. The summed E-state index contributed by atoms with van der Waals surface area (Å²) in [5.41, 5.74) is 4.94. The normalized spacial score (nSPS) is 10.9. The van der Waals surface area contributed by atoms with Crippen molar-refractivity contribution in [1.29, 1.82) is 0 Å². The lowest BCUT2D eigenvalue weighted by molar-refractivity contribution is 0.0950. The topological polar surface area (TPSA) is 70.1 Å². The molecule has 2 N–H and O–H groups in total. The lowest BCUT2D eigenvalue weighted by Gasteiger charge is -2.00. The minimum absolute atomic E-state index is 0.309. The molecule has 0 saturated heterocycles. The van der Waals surface area contributed by atoms with E-state index < -0.39 is 5.91 Å². The first kappa shape index (κ1) is 16.2. The number of benzene rings is 2. The van der Waals surface area contributed by atoms with E-state index in [0.717, 1.165) is 5.56 Å². The van der Waals surface area contributed by atoms with Crippen molar-refractivity contribution in [3.63, 3.8) is 0 Å². The van der Waals surface area contributed by atoms with Gasteiger partial charge in [0.25, 0.3) is 5.91 Å². The van der Waals surface area contributed by atoms with Gasteiger partial charge < -0.3 is 0 Å². The monoisotopic (exact) mass is 358 g/mol. The molecule has 3 aromatic rings. The van der Waals surface area contributed by atoms with Crippen molar-refractivity contribution in [2.24, 2.45) is 5.10 Å². The van der Waals surface area contributed by atoms with Crippen molar-refractivity contribution >= 4 is 35.3 Å². The fourth-order valence-corrected chi connectivity index (χ4v) is 2.39. The van der Waals surface area contributed by atoms with Crippen molar-refractivity contribution in [3.8, 4) is 11.3 Å². The van der Waals surface area contributed by atoms with Crippen LogP contribution >= 0.6 is 23.2 Å². The zero-order valence-corrected chi connectivity index (χ0v) is 13.8. The number of hydrogen-bond donors (Lipinski definition) is 2. The molecule has 24 heavy (non-hydrogen) atoms. The number of nitrogens with zero attached hydrogens (tertiary/aromatic N) is 2. The van der Waals surface area contributed by atoms with Crippen LogP contribution in [0.15, 0.2) is 59.7 Å². The number of carbonyl (C=O) groups is 1. The maximum atomic E-state index is 12.1. The van der Waals surface area contributed by atoms with Gasteiger partial charge in [-0.2, -0.15) is 10.2 Å². The van der Waals surface area contributed by atoms with Gasteiger partial charge in [-0.15, -0.1) is 0 Å². The molecule has 0 unspecified atom stereocenters. The third-order valence-electron chi connectivity index (χ3n) is 3.24. The summed E-state index contributed by atoms with van der Waals surface area (Å²) in [6, 6.07) is 16.4. The molecule has 0 aliphatic heterocycles. The Morgan fingerprint density at radius 1 is 1.12 bits per heavy atom. The van der Waals surface area contributed by atoms with Crippen molar-refractivity contribution in [3.05, 3.63) is 75.9 Å². The first-order valence-electron chi connectivity index (χ1n) is 7.03. The van der Waals surface area contributed by atoms with Gasteiger partial charge in [0.2, 0.25) is 0 Å². The van der Waals surface area contributed by atoms with Crippen LogP contribution < -0.4 is 5.43 Å². The summed E-state index contributed by atoms with van der Waals surface area (Å²) in [6.07, 6.45) is 1.43. The molecule has 0 saturated carbocycles. The highest BCUT2D eigenvalue weighted by Gasteiger charge is 2.10. The number of hydrazone groups is 1. The maximum absolute atomic E-state index is 12.1. The van der Waals surface area contributed by atoms with Crippen molar-refractivity contribution < 1.29 is 4.79 Å². The van der Waals surface area contributed by atoms with Gasteiger partial charge in [0.15, 0.2) is 0 Å². The third kappa shape index (κ3) is 3.64. The molecule has 5 nitrogen and oxygen atoms in total. The molecule has 120 valence electrons. The zero-order chi connectivity index (χ0) is 16.9. The van der Waals surface area contributed by atoms with E-state index in [2.05, 4.69) is 20.7 Å². The number of aromatic amines is 1. The predicted molar refractivity (Wildman–Crippen MR) is 95.5 cm³/mol. The molecule has 1 aromatic heterocycles. The first-order valence-corrected chi connectivity index (χ1v) is 7.79. The van der Waals surface area contributed by atoms with Crippen molar-refractivity contribution in [1.82, 2.24) is 15.6 Å². The predicted octanol–water partition coefficient (Wildman–Crippen LogP) is 4.15. The van der Waals surface area contributed by atoms with Gasteiger partial charge in [-0.05, 0) is 12.1 Å². The highest BCUT2D eigenvalue weighted by Crippen LogP contribution is 2.24. The Balaban J connectivity index is 1.69. The summed E-state index contributed by atoms with van der Waals surface area (Å²) in [5.74, 6) is -0.404. The fraction of sp³-hybridized carbons (Fsp3) is 0. The Labute approximate surface area is 148 Å². The average molecular weight is 359 g/mol. The number of rotatable bonds is 4. The molecule has 2 aromatic carbocycles. The van der Waals surface area contributed by atoms with Crippen LogP contribution in [0.3, 0.4) is 0 Å². The van der Waals surface area contributed by atoms with Crippen LogP contribution in [0.2, 0.25) is 10.0 Å². The van der Waals surface area contributed by atoms with E-state index >= 15 is 0 Å². The third-order valence-corrected chi connectivity index (χ3v) is 4.08. The summed E-state index contributed by atoms with van der Waals surface area (Å²) in [7, 11) is 0. The quantitative estimate of drug-likeness (QED) is 0.543. The molecule has 0 aliphatic rings. The smallest absolute Gasteiger partial charge is 0.272 e. The lowest BCUT2D eigenvalue weighted by atomic mass is 10.1. The van der Waals surface area contributed by atoms with Gasteiger partial charge in [-0.1, -0.05) is 65.7 Å². The summed E-state index contributed by atoms with van der Waals surface area (Å²) in [5, 5.41) is 11.5. The molecule has 0 radical (unpaired) electrons. The number of nitrogens with one attached hydrogen (secondary N) is 2. The molecule has 0 bridgehead atoms. The summed E-state index contributed by atoms with van der Waals surface area (Å²) >= 11 is 12.0. The van der Waals surface area contributed by atoms with Crippen LogP contribution in [-0.4, -0.2) is 22.3 Å². The molecule has 0 spiro atoms. The minimum atomic E-state index is -0.404. The van der Waals surface area contributed by atoms with E-state index in [1.807, 2.05) is 30.3 Å². The van der Waals surface area contributed by atoms with Crippen LogP contribution in [0.25, 0.3) is 11.3 Å². The van der Waals surface area contributed by atoms with Gasteiger partial charge in [0.05, 0.1) is 22.0 Å². The Hall–Kier alpha value is -2.63. The molecule has 7 heteroatoms. The van der Waals surface area contributed by atoms with E-state index in [-0.39, 0.29) is 0 Å². The molecular weight excluding hydrogens is 347 g/mol. The first-order chi connectivity index (χ1) is 11.6. The van der Waals surface area contributed by atoms with Crippen LogP contribution in [0.5, 0.6) is 0 Å². The molecule has 1 heterocycles. The van der Waals surface area contributed by atoms with E-state index in [9.17, 15) is 4.79 Å². The van der Waals surface area contributed by atoms with Crippen LogP contribution in [0.4, 0.5) is 0 Å². The minimum Gasteiger partial charge on any atom is -0.272 e. The number of carbonyl (C=O) groups excluding carboxylic acids is 1. The van der Waals surface area contributed by atoms with Gasteiger partial charge in [0, 0.05) is 11.1 Å². The number of amides is 1. The highest BCUT2D eigenvalue weighted by atomic mass is 35.5. The number of halogens is 2. The second kappa shape index (κ2) is 7.29. The van der Waals surface area contributed by atoms with E-state index in [1.165, 1.54) is 6.21 Å². The summed E-state index contributed by atoms with van der Waals surface area (Å²) < 4.78 is 0. The van der Waals surface area contributed by atoms with Gasteiger partial charge >= 0.3 is 0 Å². The Morgan fingerprint density at radius 2 is 1.92 bits per heavy atom. The van der Waals surface area contributed by atoms with E-state index in [1.54, 1.807) is 24.3 Å². The van der Waals surface area contributed by atoms with Crippen LogP contribution in [0, 0.1) is 0 Å². The number of hydrogen-bond acceptors (Lipinski definition) is 3. The summed E-state index contributed by atoms with van der Waals surface area (Å²) in [6.45, 7) is 0. The molecule has 1 amide bonds. The second-order valence-electron chi connectivity index (χ2n) is 4.88. The van der Waals surface area contributed by atoms with Gasteiger partial charge in [-0.3, -0.25) is 9.89 Å². The molecule has 0 aliphatic carbocycles. The second-order valence-corrected chi connectivity index (χ2v) is 5.66.